The summed E-state index contributed by atoms with van der Waals surface area (Å²) in [6.45, 7) is 4.57. The van der Waals surface area contributed by atoms with Gasteiger partial charge in [0.25, 0.3) is 0 Å². The number of nitrogens with one attached hydrogen (secondary N) is 1. The number of nitrogen functional groups attached to an aromatic ring is 1. The van der Waals surface area contributed by atoms with Gasteiger partial charge in [-0.25, -0.2) is 9.78 Å². The fourth-order valence-electron chi connectivity index (χ4n) is 5.25. The number of ketones is 1. The minimum absolute atomic E-state index is 0.0296. The zero-order chi connectivity index (χ0) is 26.8. The smallest absolute Gasteiger partial charge is 0.326 e. The number of carbonyl (C=O) groups is 2. The Morgan fingerprint density at radius 3 is 2.68 bits per heavy atom. The average molecular weight is 510 g/mol. The van der Waals surface area contributed by atoms with E-state index in [0.717, 1.165) is 35.0 Å². The van der Waals surface area contributed by atoms with Crippen molar-refractivity contribution in [1.29, 1.82) is 0 Å². The molecule has 0 unspecified atom stereocenters. The van der Waals surface area contributed by atoms with Gasteiger partial charge in [0.2, 0.25) is 5.91 Å². The summed E-state index contributed by atoms with van der Waals surface area (Å²) in [5.74, 6) is 0.425. The van der Waals surface area contributed by atoms with Gasteiger partial charge in [0, 0.05) is 24.2 Å². The first kappa shape index (κ1) is 25.2. The second-order valence-electron chi connectivity index (χ2n) is 9.77. The van der Waals surface area contributed by atoms with Gasteiger partial charge in [0.1, 0.15) is 5.82 Å². The van der Waals surface area contributed by atoms with Crippen LogP contribution in [0, 0.1) is 0 Å². The number of likely N-dealkylation sites (tertiary alicyclic amines) is 1. The number of anilines is 1. The Bertz CT molecular complexity index is 1600. The van der Waals surface area contributed by atoms with Crippen LogP contribution in [0.5, 0.6) is 0 Å². The number of fused-ring (bicyclic) bond motifs is 1. The highest BCUT2D eigenvalue weighted by Crippen LogP contribution is 2.29. The highest BCUT2D eigenvalue weighted by atomic mass is 16.2. The zero-order valence-electron chi connectivity index (χ0n) is 21.6. The molecule has 0 aliphatic carbocycles. The number of hydrogen-bond donors (Lipinski definition) is 2. The number of aromatic nitrogens is 3. The Morgan fingerprint density at radius 2 is 1.95 bits per heavy atom. The SMILES string of the molecule is C/C=C\c1c(N)ncc2[nH]c(=O)n([C@@H]3CCCN(C(=O)Cc4ccc(-c5cccc(C(C)=O)c5)cc4)C3)c12. The van der Waals surface area contributed by atoms with Crippen LogP contribution >= 0.6 is 0 Å². The third-order valence-electron chi connectivity index (χ3n) is 7.18. The fraction of sp³-hybridized carbons (Fsp3) is 0.267. The predicted octanol–water partition coefficient (Wildman–Crippen LogP) is 4.62. The molecule has 2 aromatic carbocycles. The summed E-state index contributed by atoms with van der Waals surface area (Å²) < 4.78 is 1.74. The first-order chi connectivity index (χ1) is 18.4. The molecule has 4 aromatic rings. The molecule has 38 heavy (non-hydrogen) atoms. The van der Waals surface area contributed by atoms with Crippen molar-refractivity contribution in [3.8, 4) is 11.1 Å². The quantitative estimate of drug-likeness (QED) is 0.368. The Kier molecular flexibility index (Phi) is 6.96. The largest absolute Gasteiger partial charge is 0.383 e. The van der Waals surface area contributed by atoms with Crippen LogP contribution in [0.2, 0.25) is 0 Å². The van der Waals surface area contributed by atoms with Gasteiger partial charge in [-0.2, -0.15) is 0 Å². The van der Waals surface area contributed by atoms with Crippen LogP contribution in [0.4, 0.5) is 5.82 Å². The molecule has 1 saturated heterocycles. The summed E-state index contributed by atoms with van der Waals surface area (Å²) in [6, 6.07) is 15.3. The molecule has 1 aliphatic rings. The van der Waals surface area contributed by atoms with Crippen molar-refractivity contribution >= 4 is 34.6 Å². The molecule has 8 heteroatoms. The lowest BCUT2D eigenvalue weighted by Crippen LogP contribution is -2.43. The molecule has 1 atom stereocenters. The van der Waals surface area contributed by atoms with E-state index < -0.39 is 0 Å². The number of carbonyl (C=O) groups excluding carboxylic acids is 2. The molecular weight excluding hydrogens is 478 g/mol. The van der Waals surface area contributed by atoms with Crippen molar-refractivity contribution < 1.29 is 9.59 Å². The Hall–Kier alpha value is -4.46. The molecular formula is C30H31N5O3. The summed E-state index contributed by atoms with van der Waals surface area (Å²) in [4.78, 5) is 46.9. The Balaban J connectivity index is 1.34. The van der Waals surface area contributed by atoms with Crippen LogP contribution in [0.3, 0.4) is 0 Å². The molecule has 194 valence electrons. The number of allylic oxidation sites excluding steroid dienone is 1. The van der Waals surface area contributed by atoms with E-state index in [1.807, 2.05) is 72.5 Å². The number of amides is 1. The number of Topliss-reactive ketones (excluding diaryl/α,β-unsaturated/α-hetero) is 1. The lowest BCUT2D eigenvalue weighted by molar-refractivity contribution is -0.132. The maximum absolute atomic E-state index is 13.3. The first-order valence-corrected chi connectivity index (χ1v) is 12.8. The summed E-state index contributed by atoms with van der Waals surface area (Å²) in [7, 11) is 0. The summed E-state index contributed by atoms with van der Waals surface area (Å²) in [6.07, 6.45) is 7.20. The van der Waals surface area contributed by atoms with Crippen molar-refractivity contribution in [2.45, 2.75) is 39.2 Å². The highest BCUT2D eigenvalue weighted by Gasteiger charge is 2.28. The van der Waals surface area contributed by atoms with E-state index in [9.17, 15) is 14.4 Å². The van der Waals surface area contributed by atoms with E-state index in [4.69, 9.17) is 5.73 Å². The van der Waals surface area contributed by atoms with Crippen molar-refractivity contribution in [3.63, 3.8) is 0 Å². The number of benzene rings is 2. The molecule has 1 aliphatic heterocycles. The van der Waals surface area contributed by atoms with Gasteiger partial charge in [-0.05, 0) is 49.4 Å². The first-order valence-electron chi connectivity index (χ1n) is 12.8. The third-order valence-corrected chi connectivity index (χ3v) is 7.18. The molecule has 0 saturated carbocycles. The second kappa shape index (κ2) is 10.5. The number of aromatic amines is 1. The molecule has 0 radical (unpaired) electrons. The predicted molar refractivity (Wildman–Crippen MR) is 150 cm³/mol. The summed E-state index contributed by atoms with van der Waals surface area (Å²) in [5.41, 5.74) is 11.5. The topological polar surface area (TPSA) is 114 Å². The molecule has 2 aromatic heterocycles. The second-order valence-corrected chi connectivity index (χ2v) is 9.77. The standard InChI is InChI=1S/C30H31N5O3/c1-3-6-25-28-26(17-32-29(25)31)33-30(38)35(28)24-9-5-14-34(18-24)27(37)15-20-10-12-21(13-11-20)23-8-4-7-22(16-23)19(2)36/h3-4,6-8,10-13,16-17,24H,5,9,14-15,18H2,1-2H3,(H2,31,32)(H,33,38)/b6-3-/t24-/m1/s1. The van der Waals surface area contributed by atoms with E-state index >= 15 is 0 Å². The number of imidazole rings is 1. The fourth-order valence-corrected chi connectivity index (χ4v) is 5.25. The van der Waals surface area contributed by atoms with Gasteiger partial charge >= 0.3 is 5.69 Å². The van der Waals surface area contributed by atoms with Crippen LogP contribution in [-0.2, 0) is 11.2 Å². The number of nitrogens with zero attached hydrogens (tertiary/aromatic N) is 3. The van der Waals surface area contributed by atoms with E-state index in [2.05, 4.69) is 9.97 Å². The monoisotopic (exact) mass is 509 g/mol. The summed E-state index contributed by atoms with van der Waals surface area (Å²) in [5, 5.41) is 0. The minimum Gasteiger partial charge on any atom is -0.383 e. The lowest BCUT2D eigenvalue weighted by atomic mass is 9.99. The van der Waals surface area contributed by atoms with E-state index in [0.29, 0.717) is 35.6 Å². The Morgan fingerprint density at radius 1 is 1.16 bits per heavy atom. The number of rotatable bonds is 6. The molecule has 3 N–H and O–H groups in total. The van der Waals surface area contributed by atoms with Gasteiger partial charge < -0.3 is 15.6 Å². The van der Waals surface area contributed by atoms with Crippen LogP contribution in [0.1, 0.15) is 54.2 Å². The van der Waals surface area contributed by atoms with Gasteiger partial charge in [0.15, 0.2) is 5.78 Å². The van der Waals surface area contributed by atoms with Gasteiger partial charge in [-0.15, -0.1) is 0 Å². The van der Waals surface area contributed by atoms with E-state index in [1.165, 1.54) is 0 Å². The molecule has 8 nitrogen and oxygen atoms in total. The zero-order valence-corrected chi connectivity index (χ0v) is 21.6. The maximum Gasteiger partial charge on any atom is 0.326 e. The van der Waals surface area contributed by atoms with Crippen molar-refractivity contribution in [1.82, 2.24) is 19.4 Å². The van der Waals surface area contributed by atoms with Crippen LogP contribution in [0.15, 0.2) is 65.6 Å². The molecule has 1 fully saturated rings. The van der Waals surface area contributed by atoms with Crippen molar-refractivity contribution in [2.24, 2.45) is 0 Å². The van der Waals surface area contributed by atoms with Crippen molar-refractivity contribution in [3.05, 3.63) is 88.0 Å². The molecule has 5 rings (SSSR count). The molecule has 1 amide bonds. The van der Waals surface area contributed by atoms with Gasteiger partial charge in [0.05, 0.1) is 29.7 Å². The number of piperidine rings is 1. The third kappa shape index (κ3) is 4.89. The van der Waals surface area contributed by atoms with Gasteiger partial charge in [-0.1, -0.05) is 54.6 Å². The van der Waals surface area contributed by atoms with E-state index in [-0.39, 0.29) is 29.8 Å². The van der Waals surface area contributed by atoms with Crippen molar-refractivity contribution in [2.75, 3.05) is 18.8 Å². The lowest BCUT2D eigenvalue weighted by Gasteiger charge is -2.33. The molecule has 0 spiro atoms. The normalized spacial score (nSPS) is 15.8. The van der Waals surface area contributed by atoms with E-state index in [1.54, 1.807) is 17.7 Å². The number of nitrogens with two attached hydrogens (primary N) is 1. The van der Waals surface area contributed by atoms with Crippen LogP contribution in [0.25, 0.3) is 28.2 Å². The highest BCUT2D eigenvalue weighted by molar-refractivity contribution is 5.95. The number of hydrogen-bond acceptors (Lipinski definition) is 5. The van der Waals surface area contributed by atoms with Crippen LogP contribution < -0.4 is 11.4 Å². The molecule has 3 heterocycles. The maximum atomic E-state index is 13.3. The average Bonchev–Trinajstić information content (AvgIpc) is 3.27. The van der Waals surface area contributed by atoms with Gasteiger partial charge in [-0.3, -0.25) is 14.2 Å². The molecule has 0 bridgehead atoms. The summed E-state index contributed by atoms with van der Waals surface area (Å²) >= 11 is 0. The van der Waals surface area contributed by atoms with Crippen LogP contribution in [-0.4, -0.2) is 44.2 Å². The number of H-pyrrole nitrogens is 1. The minimum atomic E-state index is -0.220. The Labute approximate surface area is 220 Å². The number of pyridine rings is 1.